The smallest absolute Gasteiger partial charge is 0.267 e. The van der Waals surface area contributed by atoms with Gasteiger partial charge in [0.1, 0.15) is 0 Å². The Morgan fingerprint density at radius 3 is 2.25 bits per heavy atom. The van der Waals surface area contributed by atoms with Crippen molar-refractivity contribution in [3.8, 4) is 0 Å². The van der Waals surface area contributed by atoms with Gasteiger partial charge in [-0.1, -0.05) is 12.1 Å². The van der Waals surface area contributed by atoms with E-state index in [1.807, 2.05) is 46.8 Å². The molecule has 1 aromatic carbocycles. The van der Waals surface area contributed by atoms with E-state index in [0.29, 0.717) is 11.1 Å². The van der Waals surface area contributed by atoms with Crippen molar-refractivity contribution in [2.75, 3.05) is 0 Å². The molecule has 5 heteroatoms. The van der Waals surface area contributed by atoms with E-state index in [1.54, 1.807) is 30.6 Å². The van der Waals surface area contributed by atoms with Crippen molar-refractivity contribution in [2.45, 2.75) is 40.2 Å². The van der Waals surface area contributed by atoms with Gasteiger partial charge in [0.25, 0.3) is 11.8 Å². The number of nitrogens with zero attached hydrogens (tertiary/aromatic N) is 2. The molecular formula is C19H23N3O2. The Kier molecular flexibility index (Phi) is 5.02. The molecule has 5 nitrogen and oxygen atoms in total. The fraction of sp³-hybridized carbons (Fsp3) is 0.316. The van der Waals surface area contributed by atoms with E-state index in [4.69, 9.17) is 0 Å². The van der Waals surface area contributed by atoms with E-state index >= 15 is 0 Å². The van der Waals surface area contributed by atoms with Gasteiger partial charge in [0.2, 0.25) is 0 Å². The number of nitrogens with one attached hydrogen (secondary N) is 1. The summed E-state index contributed by atoms with van der Waals surface area (Å²) >= 11 is 0. The number of aromatic nitrogens is 1. The van der Waals surface area contributed by atoms with Crippen LogP contribution in [-0.4, -0.2) is 27.3 Å². The Balaban J connectivity index is 2.32. The van der Waals surface area contributed by atoms with Crippen molar-refractivity contribution in [3.05, 3.63) is 65.0 Å². The van der Waals surface area contributed by atoms with Crippen LogP contribution in [0.2, 0.25) is 0 Å². The largest absolute Gasteiger partial charge is 0.272 e. The van der Waals surface area contributed by atoms with Crippen LogP contribution in [0.4, 0.5) is 0 Å². The first kappa shape index (κ1) is 17.7. The number of aryl methyl sites for hydroxylation is 1. The highest BCUT2D eigenvalue weighted by molar-refractivity contribution is 6.00. The van der Waals surface area contributed by atoms with E-state index in [-0.39, 0.29) is 11.8 Å². The maximum absolute atomic E-state index is 12.8. The first-order valence-corrected chi connectivity index (χ1v) is 7.83. The molecule has 2 aromatic rings. The third kappa shape index (κ3) is 3.79. The van der Waals surface area contributed by atoms with Gasteiger partial charge in [-0.2, -0.15) is 0 Å². The summed E-state index contributed by atoms with van der Waals surface area (Å²) in [5.74, 6) is -0.572. The first-order valence-electron chi connectivity index (χ1n) is 7.83. The fourth-order valence-corrected chi connectivity index (χ4v) is 2.31. The minimum atomic E-state index is -0.576. The van der Waals surface area contributed by atoms with Crippen molar-refractivity contribution >= 4 is 11.8 Å². The van der Waals surface area contributed by atoms with Gasteiger partial charge in [-0.3, -0.25) is 20.0 Å². The van der Waals surface area contributed by atoms with E-state index < -0.39 is 5.54 Å². The van der Waals surface area contributed by atoms with Crippen molar-refractivity contribution in [3.63, 3.8) is 0 Å². The quantitative estimate of drug-likeness (QED) is 0.862. The second-order valence-corrected chi connectivity index (χ2v) is 6.74. The topological polar surface area (TPSA) is 62.3 Å². The fourth-order valence-electron chi connectivity index (χ4n) is 2.31. The number of carbonyl (C=O) groups excluding carboxylic acids is 2. The lowest BCUT2D eigenvalue weighted by molar-refractivity contribution is 0.0358. The molecule has 2 rings (SSSR count). The maximum Gasteiger partial charge on any atom is 0.272 e. The average molecular weight is 325 g/mol. The second-order valence-electron chi connectivity index (χ2n) is 6.74. The van der Waals surface area contributed by atoms with Crippen LogP contribution in [0.25, 0.3) is 0 Å². The van der Waals surface area contributed by atoms with Crippen molar-refractivity contribution in [1.82, 2.24) is 15.4 Å². The molecule has 126 valence electrons. The Morgan fingerprint density at radius 2 is 1.67 bits per heavy atom. The Morgan fingerprint density at radius 1 is 1.04 bits per heavy atom. The second kappa shape index (κ2) is 6.83. The zero-order chi connectivity index (χ0) is 17.9. The summed E-state index contributed by atoms with van der Waals surface area (Å²) < 4.78 is 0. The normalized spacial score (nSPS) is 11.0. The molecule has 24 heavy (non-hydrogen) atoms. The number of amides is 2. The molecule has 0 aliphatic carbocycles. The third-order valence-electron chi connectivity index (χ3n) is 3.86. The van der Waals surface area contributed by atoms with Crippen LogP contribution in [0.3, 0.4) is 0 Å². The SMILES string of the molecule is Cc1cccc(C(=O)NN(C(=O)c2ccncc2)C(C)(C)C)c1C. The first-order chi connectivity index (χ1) is 11.2. The molecule has 0 aliphatic heterocycles. The number of pyridine rings is 1. The molecule has 2 amide bonds. The summed E-state index contributed by atoms with van der Waals surface area (Å²) in [6.07, 6.45) is 3.11. The Bertz CT molecular complexity index is 749. The number of rotatable bonds is 2. The Labute approximate surface area is 142 Å². The van der Waals surface area contributed by atoms with Gasteiger partial charge in [-0.25, -0.2) is 5.01 Å². The van der Waals surface area contributed by atoms with Gasteiger partial charge in [-0.05, 0) is 63.9 Å². The lowest BCUT2D eigenvalue weighted by Crippen LogP contribution is -2.56. The van der Waals surface area contributed by atoms with Gasteiger partial charge in [-0.15, -0.1) is 0 Å². The molecule has 0 fully saturated rings. The van der Waals surface area contributed by atoms with E-state index in [2.05, 4.69) is 10.4 Å². The van der Waals surface area contributed by atoms with Crippen molar-refractivity contribution < 1.29 is 9.59 Å². The molecular weight excluding hydrogens is 302 g/mol. The van der Waals surface area contributed by atoms with Crippen molar-refractivity contribution in [2.24, 2.45) is 0 Å². The van der Waals surface area contributed by atoms with Gasteiger partial charge in [0.05, 0.1) is 5.54 Å². The molecule has 0 saturated heterocycles. The molecule has 0 radical (unpaired) electrons. The predicted molar refractivity (Wildman–Crippen MR) is 93.5 cm³/mol. The minimum Gasteiger partial charge on any atom is -0.267 e. The molecule has 0 spiro atoms. The number of hydrazine groups is 1. The molecule has 1 heterocycles. The maximum atomic E-state index is 12.8. The number of hydrogen-bond acceptors (Lipinski definition) is 3. The monoisotopic (exact) mass is 325 g/mol. The number of carbonyl (C=O) groups is 2. The summed E-state index contributed by atoms with van der Waals surface area (Å²) in [6, 6.07) is 8.81. The van der Waals surface area contributed by atoms with Gasteiger partial charge >= 0.3 is 0 Å². The molecule has 0 bridgehead atoms. The lowest BCUT2D eigenvalue weighted by Gasteiger charge is -2.35. The van der Waals surface area contributed by atoms with Crippen LogP contribution in [0.15, 0.2) is 42.7 Å². The summed E-state index contributed by atoms with van der Waals surface area (Å²) in [7, 11) is 0. The van der Waals surface area contributed by atoms with Crippen LogP contribution < -0.4 is 5.43 Å². The minimum absolute atomic E-state index is 0.274. The zero-order valence-corrected chi connectivity index (χ0v) is 14.8. The van der Waals surface area contributed by atoms with Gasteiger partial charge in [0.15, 0.2) is 0 Å². The van der Waals surface area contributed by atoms with E-state index in [0.717, 1.165) is 11.1 Å². The number of hydrogen-bond donors (Lipinski definition) is 1. The highest BCUT2D eigenvalue weighted by Gasteiger charge is 2.29. The molecule has 0 saturated carbocycles. The molecule has 1 N–H and O–H groups in total. The summed E-state index contributed by atoms with van der Waals surface area (Å²) in [6.45, 7) is 9.46. The average Bonchev–Trinajstić information content (AvgIpc) is 2.54. The molecule has 0 atom stereocenters. The van der Waals surface area contributed by atoms with Gasteiger partial charge in [0, 0.05) is 23.5 Å². The zero-order valence-electron chi connectivity index (χ0n) is 14.8. The van der Waals surface area contributed by atoms with Crippen molar-refractivity contribution in [1.29, 1.82) is 0 Å². The van der Waals surface area contributed by atoms with E-state index in [1.165, 1.54) is 5.01 Å². The van der Waals surface area contributed by atoms with E-state index in [9.17, 15) is 9.59 Å². The highest BCUT2D eigenvalue weighted by Crippen LogP contribution is 2.17. The molecule has 1 aromatic heterocycles. The highest BCUT2D eigenvalue weighted by atomic mass is 16.2. The molecule has 0 unspecified atom stereocenters. The van der Waals surface area contributed by atoms with Crippen LogP contribution >= 0.6 is 0 Å². The predicted octanol–water partition coefficient (Wildman–Crippen LogP) is 3.28. The summed E-state index contributed by atoms with van der Waals surface area (Å²) in [5, 5.41) is 1.37. The van der Waals surface area contributed by atoms with Crippen LogP contribution in [0, 0.1) is 13.8 Å². The van der Waals surface area contributed by atoms with Crippen LogP contribution in [0.1, 0.15) is 52.6 Å². The molecule has 0 aliphatic rings. The summed E-state index contributed by atoms with van der Waals surface area (Å²) in [4.78, 5) is 29.4. The van der Waals surface area contributed by atoms with Crippen LogP contribution in [0.5, 0.6) is 0 Å². The third-order valence-corrected chi connectivity index (χ3v) is 3.86. The standard InChI is InChI=1S/C19H23N3O2/c1-13-7-6-8-16(14(13)2)17(23)21-22(19(3,4)5)18(24)15-9-11-20-12-10-15/h6-12H,1-5H3,(H,21,23). The van der Waals surface area contributed by atoms with Gasteiger partial charge < -0.3 is 0 Å². The lowest BCUT2D eigenvalue weighted by atomic mass is 10.0. The van der Waals surface area contributed by atoms with Crippen LogP contribution in [-0.2, 0) is 0 Å². The summed E-state index contributed by atoms with van der Waals surface area (Å²) in [5.41, 5.74) is 5.16. The Hall–Kier alpha value is -2.69. The number of benzene rings is 1.